The zero-order valence-electron chi connectivity index (χ0n) is 17.6. The van der Waals surface area contributed by atoms with Crippen LogP contribution in [-0.2, 0) is 4.79 Å². The van der Waals surface area contributed by atoms with Gasteiger partial charge in [-0.2, -0.15) is 0 Å². The normalized spacial score (nSPS) is 12.9. The molecule has 0 bridgehead atoms. The molecule has 6 nitrogen and oxygen atoms in total. The first-order valence-corrected chi connectivity index (χ1v) is 10.4. The van der Waals surface area contributed by atoms with Crippen molar-refractivity contribution in [2.75, 3.05) is 12.0 Å². The molecule has 0 saturated heterocycles. The molecule has 0 radical (unpaired) electrons. The van der Waals surface area contributed by atoms with E-state index in [1.54, 1.807) is 48.5 Å². The Morgan fingerprint density at radius 3 is 2.30 bits per heavy atom. The monoisotopic (exact) mass is 447 g/mol. The molecule has 4 rings (SSSR count). The van der Waals surface area contributed by atoms with Crippen molar-refractivity contribution in [3.63, 3.8) is 0 Å². The van der Waals surface area contributed by atoms with Gasteiger partial charge in [0.1, 0.15) is 11.3 Å². The van der Waals surface area contributed by atoms with Crippen LogP contribution in [0.4, 0.5) is 10.1 Å². The molecule has 0 aliphatic rings. The van der Waals surface area contributed by atoms with Gasteiger partial charge in [0.2, 0.25) is 0 Å². The standard InChI is InChI=1S/C26H22FNO5/c27-15-23(30)28-18-12-10-17(11-13-18)21(29)14-20(16-6-2-1-3-7-16)24-25(31)19-8-4-5-9-22(19)33-26(24)32/h1-13,20-21,29,31H,14-15H2,(H,28,30). The van der Waals surface area contributed by atoms with Crippen LogP contribution in [0, 0.1) is 0 Å². The maximum Gasteiger partial charge on any atom is 0.343 e. The van der Waals surface area contributed by atoms with Crippen LogP contribution in [0.25, 0.3) is 11.0 Å². The van der Waals surface area contributed by atoms with Crippen molar-refractivity contribution in [1.82, 2.24) is 0 Å². The molecule has 3 aromatic carbocycles. The summed E-state index contributed by atoms with van der Waals surface area (Å²) in [7, 11) is 0. The lowest BCUT2D eigenvalue weighted by Crippen LogP contribution is -2.17. The molecule has 0 fully saturated rings. The Bertz CT molecular complexity index is 1320. The second kappa shape index (κ2) is 9.67. The minimum atomic E-state index is -1.12. The fourth-order valence-electron chi connectivity index (χ4n) is 3.90. The van der Waals surface area contributed by atoms with Gasteiger partial charge in [-0.3, -0.25) is 4.79 Å². The van der Waals surface area contributed by atoms with E-state index in [9.17, 15) is 24.2 Å². The van der Waals surface area contributed by atoms with Gasteiger partial charge in [0.25, 0.3) is 5.91 Å². The molecule has 3 N–H and O–H groups in total. The molecule has 0 spiro atoms. The summed E-state index contributed by atoms with van der Waals surface area (Å²) in [5.74, 6) is -1.58. The number of amides is 1. The van der Waals surface area contributed by atoms with Crippen LogP contribution in [0.1, 0.15) is 35.1 Å². The first kappa shape index (κ1) is 22.2. The second-order valence-electron chi connectivity index (χ2n) is 7.67. The number of fused-ring (bicyclic) bond motifs is 1. The highest BCUT2D eigenvalue weighted by molar-refractivity contribution is 5.91. The lowest BCUT2D eigenvalue weighted by molar-refractivity contribution is -0.117. The van der Waals surface area contributed by atoms with Crippen molar-refractivity contribution in [2.24, 2.45) is 0 Å². The maximum absolute atomic E-state index is 12.9. The minimum absolute atomic E-state index is 0.0748. The molecule has 0 aliphatic carbocycles. The van der Waals surface area contributed by atoms with Crippen molar-refractivity contribution >= 4 is 22.6 Å². The number of rotatable bonds is 7. The van der Waals surface area contributed by atoms with Crippen molar-refractivity contribution in [1.29, 1.82) is 0 Å². The van der Waals surface area contributed by atoms with E-state index in [0.717, 1.165) is 5.56 Å². The zero-order chi connectivity index (χ0) is 23.4. The van der Waals surface area contributed by atoms with Gasteiger partial charge < -0.3 is 19.9 Å². The van der Waals surface area contributed by atoms with E-state index in [-0.39, 0.29) is 23.3 Å². The fraction of sp³-hybridized carbons (Fsp3) is 0.154. The number of aliphatic hydroxyl groups is 1. The third-order valence-electron chi connectivity index (χ3n) is 5.53. The Hall–Kier alpha value is -3.97. The van der Waals surface area contributed by atoms with Crippen molar-refractivity contribution in [3.05, 3.63) is 106 Å². The van der Waals surface area contributed by atoms with Gasteiger partial charge in [-0.15, -0.1) is 0 Å². The summed E-state index contributed by atoms with van der Waals surface area (Å²) in [6.45, 7) is -1.12. The number of aliphatic hydroxyl groups excluding tert-OH is 1. The number of halogens is 1. The molecule has 168 valence electrons. The molecule has 1 amide bonds. The Labute approximate surface area is 188 Å². The van der Waals surface area contributed by atoms with E-state index in [4.69, 9.17) is 4.42 Å². The summed E-state index contributed by atoms with van der Waals surface area (Å²) in [5.41, 5.74) is 1.37. The molecule has 2 unspecified atom stereocenters. The van der Waals surface area contributed by atoms with Crippen LogP contribution in [-0.4, -0.2) is 22.8 Å². The fourth-order valence-corrected chi connectivity index (χ4v) is 3.90. The van der Waals surface area contributed by atoms with E-state index in [1.165, 1.54) is 0 Å². The van der Waals surface area contributed by atoms with Crippen molar-refractivity contribution < 1.29 is 23.8 Å². The van der Waals surface area contributed by atoms with Gasteiger partial charge in [-0.25, -0.2) is 9.18 Å². The van der Waals surface area contributed by atoms with Gasteiger partial charge in [-0.1, -0.05) is 54.6 Å². The molecule has 2 atom stereocenters. The molecule has 0 aliphatic heterocycles. The summed E-state index contributed by atoms with van der Waals surface area (Å²) in [5, 5.41) is 24.8. The number of hydrogen-bond donors (Lipinski definition) is 3. The number of nitrogens with one attached hydrogen (secondary N) is 1. The molecule has 33 heavy (non-hydrogen) atoms. The van der Waals surface area contributed by atoms with Crippen molar-refractivity contribution in [3.8, 4) is 5.75 Å². The quantitative estimate of drug-likeness (QED) is 0.358. The van der Waals surface area contributed by atoms with Crippen LogP contribution in [0.2, 0.25) is 0 Å². The first-order valence-electron chi connectivity index (χ1n) is 10.4. The van der Waals surface area contributed by atoms with E-state index >= 15 is 0 Å². The summed E-state index contributed by atoms with van der Waals surface area (Å²) in [6.07, 6.45) is -0.900. The third kappa shape index (κ3) is 4.78. The van der Waals surface area contributed by atoms with E-state index in [2.05, 4.69) is 5.32 Å². The highest BCUT2D eigenvalue weighted by Gasteiger charge is 2.27. The summed E-state index contributed by atoms with van der Waals surface area (Å²) in [4.78, 5) is 24.1. The van der Waals surface area contributed by atoms with E-state index in [1.807, 2.05) is 30.3 Å². The lowest BCUT2D eigenvalue weighted by atomic mass is 9.85. The summed E-state index contributed by atoms with van der Waals surface area (Å²) < 4.78 is 17.9. The van der Waals surface area contributed by atoms with Gasteiger partial charge in [0, 0.05) is 11.6 Å². The average Bonchev–Trinajstić information content (AvgIpc) is 2.84. The van der Waals surface area contributed by atoms with E-state index < -0.39 is 30.2 Å². The van der Waals surface area contributed by atoms with Crippen LogP contribution >= 0.6 is 0 Å². The Morgan fingerprint density at radius 2 is 1.61 bits per heavy atom. The molecule has 0 saturated carbocycles. The minimum Gasteiger partial charge on any atom is -0.507 e. The number of carbonyl (C=O) groups is 1. The molecule has 7 heteroatoms. The van der Waals surface area contributed by atoms with Crippen LogP contribution in [0.15, 0.2) is 88.1 Å². The average molecular weight is 447 g/mol. The molecular formula is C26H22FNO5. The highest BCUT2D eigenvalue weighted by Crippen LogP contribution is 2.39. The predicted octanol–water partition coefficient (Wildman–Crippen LogP) is 4.66. The number of carbonyl (C=O) groups excluding carboxylic acids is 1. The summed E-state index contributed by atoms with van der Waals surface area (Å²) in [6, 6.07) is 22.2. The second-order valence-corrected chi connectivity index (χ2v) is 7.67. The number of aromatic hydroxyl groups is 1. The Balaban J connectivity index is 1.71. The number of alkyl halides is 1. The van der Waals surface area contributed by atoms with Crippen LogP contribution in [0.5, 0.6) is 5.75 Å². The van der Waals surface area contributed by atoms with E-state index in [0.29, 0.717) is 16.6 Å². The van der Waals surface area contributed by atoms with Gasteiger partial charge in [-0.05, 0) is 41.8 Å². The van der Waals surface area contributed by atoms with Gasteiger partial charge in [0.05, 0.1) is 17.1 Å². The number of para-hydroxylation sites is 1. The number of benzene rings is 3. The molecule has 4 aromatic rings. The largest absolute Gasteiger partial charge is 0.507 e. The Kier molecular flexibility index (Phi) is 6.51. The van der Waals surface area contributed by atoms with Crippen LogP contribution in [0.3, 0.4) is 0 Å². The lowest BCUT2D eigenvalue weighted by Gasteiger charge is -2.22. The Morgan fingerprint density at radius 1 is 0.939 bits per heavy atom. The molecular weight excluding hydrogens is 425 g/mol. The van der Waals surface area contributed by atoms with Crippen molar-refractivity contribution in [2.45, 2.75) is 18.4 Å². The third-order valence-corrected chi connectivity index (χ3v) is 5.53. The predicted molar refractivity (Wildman–Crippen MR) is 123 cm³/mol. The first-order chi connectivity index (χ1) is 16.0. The number of hydrogen-bond acceptors (Lipinski definition) is 5. The summed E-state index contributed by atoms with van der Waals surface area (Å²) >= 11 is 0. The topological polar surface area (TPSA) is 99.8 Å². The molecule has 1 aromatic heterocycles. The highest BCUT2D eigenvalue weighted by atomic mass is 19.1. The maximum atomic E-state index is 12.9. The molecule has 1 heterocycles. The zero-order valence-corrected chi connectivity index (χ0v) is 17.6. The van der Waals surface area contributed by atoms with Gasteiger partial charge in [0.15, 0.2) is 6.67 Å². The van der Waals surface area contributed by atoms with Crippen LogP contribution < -0.4 is 10.9 Å². The smallest absolute Gasteiger partial charge is 0.343 e. The van der Waals surface area contributed by atoms with Gasteiger partial charge >= 0.3 is 5.63 Å². The number of anilines is 1. The SMILES string of the molecule is O=C(CF)Nc1ccc(C(O)CC(c2ccccc2)c2c(O)c3ccccc3oc2=O)cc1.